The number of nitrogens with zero attached hydrogens (tertiary/aromatic N) is 6. The number of hydrogen-bond donors (Lipinski definition) is 0. The van der Waals surface area contributed by atoms with E-state index in [2.05, 4.69) is 115 Å². The fourth-order valence-electron chi connectivity index (χ4n) is 18.8. The van der Waals surface area contributed by atoms with E-state index in [1.54, 1.807) is 0 Å². The third-order valence-corrected chi connectivity index (χ3v) is 25.5. The summed E-state index contributed by atoms with van der Waals surface area (Å²) in [4.78, 5) is 0. The molecular weight excluding hydrogens is 1170 g/mol. The molecule has 0 spiro atoms. The van der Waals surface area contributed by atoms with Crippen LogP contribution in [-0.4, -0.2) is 115 Å². The minimum absolute atomic E-state index is 0.0985. The van der Waals surface area contributed by atoms with E-state index in [0.717, 1.165) is 108 Å². The highest BCUT2D eigenvalue weighted by Crippen LogP contribution is 2.67. The molecule has 6 aromatic carbocycles. The van der Waals surface area contributed by atoms with E-state index >= 15 is 0 Å². The number of ether oxygens (including phenoxy) is 12. The lowest BCUT2D eigenvalue weighted by atomic mass is 9.66. The first-order valence-corrected chi connectivity index (χ1v) is 34.6. The van der Waals surface area contributed by atoms with Gasteiger partial charge in [-0.2, -0.15) is 11.8 Å². The molecule has 6 aromatic rings. The lowest BCUT2D eigenvalue weighted by Crippen LogP contribution is -2.55. The van der Waals surface area contributed by atoms with E-state index in [0.29, 0.717) is 70.5 Å². The van der Waals surface area contributed by atoms with Crippen molar-refractivity contribution < 1.29 is 70.3 Å². The second-order valence-corrected chi connectivity index (χ2v) is 31.3. The Bertz CT molecular complexity index is 3640. The second kappa shape index (κ2) is 20.2. The summed E-state index contributed by atoms with van der Waals surface area (Å²) < 4.78 is 75.6. The van der Waals surface area contributed by atoms with Crippen molar-refractivity contribution >= 4 is 18.3 Å². The Balaban J connectivity index is 0.697. The zero-order valence-corrected chi connectivity index (χ0v) is 53.0. The highest BCUT2D eigenvalue weighted by atomic mass is 32.4. The van der Waals surface area contributed by atoms with Crippen molar-refractivity contribution in [3.63, 3.8) is 0 Å². The van der Waals surface area contributed by atoms with Gasteiger partial charge in [0, 0.05) is 34.4 Å². The molecular formula is C69H75N6O12PS. The average molecular weight is 1240 g/mol. The predicted molar refractivity (Wildman–Crippen MR) is 334 cm³/mol. The third-order valence-electron chi connectivity index (χ3n) is 22.7. The van der Waals surface area contributed by atoms with Crippen LogP contribution in [0, 0.1) is 17.8 Å². The topological polar surface area (TPSA) is 153 Å². The molecule has 0 aromatic heterocycles. The van der Waals surface area contributed by atoms with Gasteiger partial charge in [-0.25, -0.2) is 0 Å². The van der Waals surface area contributed by atoms with Crippen molar-refractivity contribution in [3.05, 3.63) is 155 Å². The molecule has 0 saturated heterocycles. The monoisotopic (exact) mass is 1240 g/mol. The molecule has 0 bridgehead atoms. The van der Waals surface area contributed by atoms with Crippen LogP contribution in [0.3, 0.4) is 0 Å². The van der Waals surface area contributed by atoms with E-state index in [9.17, 15) is 0 Å². The quantitative estimate of drug-likeness (QED) is 0.0844. The second-order valence-electron chi connectivity index (χ2n) is 28.0. The summed E-state index contributed by atoms with van der Waals surface area (Å²) >= 11 is 7.04. The average Bonchev–Trinajstić information content (AvgIpc) is 1.63. The third kappa shape index (κ3) is 8.50. The minimum atomic E-state index is -3.19. The molecule has 18 rings (SSSR count). The van der Waals surface area contributed by atoms with Gasteiger partial charge in [0.05, 0.1) is 57.5 Å². The summed E-state index contributed by atoms with van der Waals surface area (Å²) in [6, 6.07) is 27.0. The molecule has 0 N–H and O–H groups in total. The van der Waals surface area contributed by atoms with Gasteiger partial charge in [-0.3, -0.25) is 0 Å². The number of fused-ring (bicyclic) bond motifs is 24. The fraction of sp³-hybridized carbons (Fsp3) is 0.478. The number of benzene rings is 6. The Morgan fingerprint density at radius 1 is 0.371 bits per heavy atom. The highest BCUT2D eigenvalue weighted by Gasteiger charge is 2.56. The van der Waals surface area contributed by atoms with Crippen LogP contribution in [0.4, 0.5) is 0 Å². The molecule has 0 fully saturated rings. The van der Waals surface area contributed by atoms with Crippen LogP contribution in [0.2, 0.25) is 0 Å². The Hall–Kier alpha value is -6.67. The summed E-state index contributed by atoms with van der Waals surface area (Å²) in [5.74, 6) is 11.5. The summed E-state index contributed by atoms with van der Waals surface area (Å²) in [6.45, 7) is 11.0. The van der Waals surface area contributed by atoms with Crippen molar-refractivity contribution in [2.45, 2.75) is 95.5 Å². The molecule has 12 aliphatic rings. The lowest BCUT2D eigenvalue weighted by molar-refractivity contribution is -0.955. The van der Waals surface area contributed by atoms with Crippen LogP contribution in [-0.2, 0) is 50.7 Å². The van der Waals surface area contributed by atoms with Gasteiger partial charge in [-0.15, -0.1) is 0 Å². The fourth-order valence-corrected chi connectivity index (χ4v) is 20.9. The molecule has 20 heteroatoms. The van der Waals surface area contributed by atoms with Gasteiger partial charge in [0.1, 0.15) is 37.8 Å². The molecule has 0 amide bonds. The van der Waals surface area contributed by atoms with E-state index in [1.165, 1.54) is 66.8 Å². The summed E-state index contributed by atoms with van der Waals surface area (Å²) in [5, 5.41) is 17.2. The lowest BCUT2D eigenvalue weighted by Gasteiger charge is -2.64. The first kappa shape index (κ1) is 55.2. The standard InChI is InChI=1S/C69H75N6O12PS/c1-37-19-40-22-55-58(82-31-79-55)25-46(40)64-61(37)43-7-10-52-67(85-34-76-52)49(43)28-73(64,4)16-13-70-88(89,71-14-17-74(5)29-50-44(8-11-53-68(50)86-35-77-53)62-38(2)20-41-23-56-59(83-32-80-56)26-47(41)65(62)74)72-15-18-75(6)30-51-45(9-12-54-69(51)87-36-78-54)63-39(3)21-42-24-57-60(84-33-81-57)27-48(42)66(63)75/h7-12,22-27,37-39,61-66H,13-21,28-36H2,1-6H3. The maximum Gasteiger partial charge on any atom is 0.231 e. The largest absolute Gasteiger partial charge is 0.655 e. The zero-order valence-electron chi connectivity index (χ0n) is 51.3. The van der Waals surface area contributed by atoms with Crippen molar-refractivity contribution in [2.75, 3.05) is 101 Å². The van der Waals surface area contributed by atoms with Crippen molar-refractivity contribution in [3.8, 4) is 69.0 Å². The van der Waals surface area contributed by atoms with Crippen molar-refractivity contribution in [2.24, 2.45) is 17.8 Å². The van der Waals surface area contributed by atoms with Crippen LogP contribution >= 0.6 is 6.49 Å². The van der Waals surface area contributed by atoms with Gasteiger partial charge in [0.15, 0.2) is 69.0 Å². The SMILES string of the molecule is CC1Cc2cc3c(cc2C2C1c1ccc4c(c1C[N+]2(C)CC[N-]P(=S)([N-]CC[N+]1(C)Cc2c(ccc5c2OCO5)C2C(C)Cc5cc6c(cc5C21)OCO6)[N-]CC[N+]1(C)Cc2c(ccc5c2OCO5)C2C(C)Cc5cc6c(cc5C21)OCO6)OCO4)OCO3. The predicted octanol–water partition coefficient (Wildman–Crippen LogP) is 12.7. The van der Waals surface area contributed by atoms with E-state index in [1.807, 2.05) is 0 Å². The first-order chi connectivity index (χ1) is 43.2. The highest BCUT2D eigenvalue weighted by molar-refractivity contribution is 8.18. The minimum Gasteiger partial charge on any atom is -0.655 e. The van der Waals surface area contributed by atoms with E-state index in [4.69, 9.17) is 83.9 Å². The molecule has 0 saturated carbocycles. The molecule has 3 aliphatic carbocycles. The van der Waals surface area contributed by atoms with Crippen LogP contribution in [0.25, 0.3) is 15.3 Å². The molecule has 0 radical (unpaired) electrons. The molecule has 9 aliphatic heterocycles. The summed E-state index contributed by atoms with van der Waals surface area (Å²) in [7, 11) is 7.22. The zero-order chi connectivity index (χ0) is 59.9. The van der Waals surface area contributed by atoms with Gasteiger partial charge in [0.2, 0.25) is 40.8 Å². The van der Waals surface area contributed by atoms with Gasteiger partial charge in [-0.05, 0) is 125 Å². The van der Waals surface area contributed by atoms with Crippen LogP contribution in [0.1, 0.15) is 123 Å². The Morgan fingerprint density at radius 2 is 0.640 bits per heavy atom. The van der Waals surface area contributed by atoms with Crippen molar-refractivity contribution in [1.29, 1.82) is 0 Å². The molecule has 12 atom stereocenters. The Kier molecular flexibility index (Phi) is 12.5. The van der Waals surface area contributed by atoms with Gasteiger partial charge < -0.3 is 92.0 Å². The van der Waals surface area contributed by atoms with Crippen molar-refractivity contribution in [1.82, 2.24) is 0 Å². The number of rotatable bonds is 12. The molecule has 18 nitrogen and oxygen atoms in total. The van der Waals surface area contributed by atoms with Crippen LogP contribution < -0.4 is 56.8 Å². The summed E-state index contributed by atoms with van der Waals surface area (Å²) in [5.41, 5.74) is 15.6. The maximum absolute atomic E-state index is 7.04. The number of hydrogen-bond acceptors (Lipinski definition) is 13. The Labute approximate surface area is 524 Å². The number of quaternary nitrogens is 3. The van der Waals surface area contributed by atoms with Gasteiger partial charge >= 0.3 is 0 Å². The van der Waals surface area contributed by atoms with Gasteiger partial charge in [-0.1, -0.05) is 58.6 Å². The normalized spacial score (nSPS) is 31.2. The van der Waals surface area contributed by atoms with E-state index in [-0.39, 0.29) is 76.6 Å². The molecule has 9 heterocycles. The van der Waals surface area contributed by atoms with Gasteiger partial charge in [0.25, 0.3) is 0 Å². The molecule has 12 unspecified atom stereocenters. The van der Waals surface area contributed by atoms with Crippen LogP contribution in [0.5, 0.6) is 69.0 Å². The smallest absolute Gasteiger partial charge is 0.231 e. The summed E-state index contributed by atoms with van der Waals surface area (Å²) in [6.07, 6.45) is 2.78. The number of likely N-dealkylation sites (N-methyl/N-ethyl adjacent to an activating group) is 3. The van der Waals surface area contributed by atoms with Crippen LogP contribution in [0.15, 0.2) is 72.8 Å². The molecule has 89 heavy (non-hydrogen) atoms. The maximum atomic E-state index is 7.04. The Morgan fingerprint density at radius 3 is 0.944 bits per heavy atom. The van der Waals surface area contributed by atoms with E-state index < -0.39 is 6.49 Å². The first-order valence-electron chi connectivity index (χ1n) is 31.9. The molecule has 464 valence electrons.